The Morgan fingerprint density at radius 2 is 2.07 bits per heavy atom. The van der Waals surface area contributed by atoms with Gasteiger partial charge in [-0.2, -0.15) is 0 Å². The summed E-state index contributed by atoms with van der Waals surface area (Å²) in [5, 5.41) is 2.73. The first-order valence-electron chi connectivity index (χ1n) is 5.00. The first-order valence-corrected chi connectivity index (χ1v) is 5.00. The lowest BCUT2D eigenvalue weighted by Crippen LogP contribution is -2.07. The summed E-state index contributed by atoms with van der Waals surface area (Å²) in [6, 6.07) is 5.82. The Balaban J connectivity index is 3.03. The van der Waals surface area contributed by atoms with Crippen molar-refractivity contribution in [3.05, 3.63) is 23.8 Å². The van der Waals surface area contributed by atoms with Crippen LogP contribution in [0.25, 0.3) is 0 Å². The molecular formula is C12H17NO2. The molecule has 1 N–H and O–H groups in total. The minimum Gasteiger partial charge on any atom is -0.495 e. The zero-order valence-corrected chi connectivity index (χ0v) is 9.63. The van der Waals surface area contributed by atoms with Crippen molar-refractivity contribution in [2.24, 2.45) is 0 Å². The van der Waals surface area contributed by atoms with Crippen LogP contribution < -0.4 is 10.1 Å². The highest BCUT2D eigenvalue weighted by Gasteiger charge is 2.07. The van der Waals surface area contributed by atoms with Crippen LogP contribution in [0.4, 0.5) is 5.69 Å². The van der Waals surface area contributed by atoms with Crippen LogP contribution in [0, 0.1) is 0 Å². The summed E-state index contributed by atoms with van der Waals surface area (Å²) in [4.78, 5) is 10.9. The first kappa shape index (κ1) is 11.6. The molecule has 0 atom stereocenters. The molecule has 0 fully saturated rings. The zero-order chi connectivity index (χ0) is 11.4. The molecule has 1 aromatic carbocycles. The molecule has 1 amide bonds. The summed E-state index contributed by atoms with van der Waals surface area (Å²) in [5.41, 5.74) is 1.91. The van der Waals surface area contributed by atoms with Crippen LogP contribution in [0.1, 0.15) is 32.3 Å². The topological polar surface area (TPSA) is 38.3 Å². The number of methoxy groups -OCH3 is 1. The molecule has 0 heterocycles. The Labute approximate surface area is 90.4 Å². The molecule has 82 valence electrons. The zero-order valence-electron chi connectivity index (χ0n) is 9.63. The van der Waals surface area contributed by atoms with Gasteiger partial charge in [0.15, 0.2) is 0 Å². The first-order chi connectivity index (χ1) is 7.04. The highest BCUT2D eigenvalue weighted by Crippen LogP contribution is 2.28. The van der Waals surface area contributed by atoms with Gasteiger partial charge < -0.3 is 10.1 Å². The van der Waals surface area contributed by atoms with Crippen molar-refractivity contribution in [2.45, 2.75) is 26.7 Å². The summed E-state index contributed by atoms with van der Waals surface area (Å²) < 4.78 is 5.22. The van der Waals surface area contributed by atoms with Gasteiger partial charge in [0.2, 0.25) is 5.91 Å². The molecule has 0 saturated heterocycles. The van der Waals surface area contributed by atoms with Crippen molar-refractivity contribution in [1.29, 1.82) is 0 Å². The standard InChI is InChI=1S/C12H17NO2/c1-8(2)10-5-6-11(13-9(3)14)12(7-10)15-4/h5-8H,1-4H3,(H,13,14). The molecule has 0 aliphatic heterocycles. The highest BCUT2D eigenvalue weighted by atomic mass is 16.5. The third-order valence-corrected chi connectivity index (χ3v) is 2.20. The molecule has 0 unspecified atom stereocenters. The number of hydrogen-bond donors (Lipinski definition) is 1. The molecule has 0 bridgehead atoms. The van der Waals surface area contributed by atoms with Gasteiger partial charge in [-0.1, -0.05) is 19.9 Å². The molecule has 0 saturated carbocycles. The van der Waals surface area contributed by atoms with Crippen LogP contribution in [0.15, 0.2) is 18.2 Å². The molecule has 0 spiro atoms. The SMILES string of the molecule is COc1cc(C(C)C)ccc1NC(C)=O. The lowest BCUT2D eigenvalue weighted by atomic mass is 10.0. The summed E-state index contributed by atoms with van der Waals surface area (Å²) >= 11 is 0. The van der Waals surface area contributed by atoms with Gasteiger partial charge >= 0.3 is 0 Å². The van der Waals surface area contributed by atoms with Crippen molar-refractivity contribution < 1.29 is 9.53 Å². The Kier molecular flexibility index (Phi) is 3.72. The summed E-state index contributed by atoms with van der Waals surface area (Å²) in [6.07, 6.45) is 0. The van der Waals surface area contributed by atoms with Gasteiger partial charge in [0.05, 0.1) is 12.8 Å². The second-order valence-electron chi connectivity index (χ2n) is 3.80. The van der Waals surface area contributed by atoms with Gasteiger partial charge in [-0.15, -0.1) is 0 Å². The van der Waals surface area contributed by atoms with Crippen molar-refractivity contribution in [3.8, 4) is 5.75 Å². The van der Waals surface area contributed by atoms with E-state index in [4.69, 9.17) is 4.74 Å². The van der Waals surface area contributed by atoms with Crippen molar-refractivity contribution >= 4 is 11.6 Å². The quantitative estimate of drug-likeness (QED) is 0.827. The van der Waals surface area contributed by atoms with Crippen LogP contribution in [-0.4, -0.2) is 13.0 Å². The van der Waals surface area contributed by atoms with E-state index in [-0.39, 0.29) is 5.91 Å². The molecule has 0 aromatic heterocycles. The van der Waals surface area contributed by atoms with Gasteiger partial charge in [-0.25, -0.2) is 0 Å². The smallest absolute Gasteiger partial charge is 0.221 e. The van der Waals surface area contributed by atoms with E-state index in [1.165, 1.54) is 12.5 Å². The van der Waals surface area contributed by atoms with Gasteiger partial charge in [0, 0.05) is 6.92 Å². The highest BCUT2D eigenvalue weighted by molar-refractivity contribution is 5.90. The van der Waals surface area contributed by atoms with Crippen molar-refractivity contribution in [3.63, 3.8) is 0 Å². The maximum absolute atomic E-state index is 10.9. The van der Waals surface area contributed by atoms with E-state index >= 15 is 0 Å². The number of benzene rings is 1. The van der Waals surface area contributed by atoms with Crippen LogP contribution in [0.2, 0.25) is 0 Å². The van der Waals surface area contributed by atoms with E-state index in [0.29, 0.717) is 11.7 Å². The maximum atomic E-state index is 10.9. The minimum atomic E-state index is -0.0920. The van der Waals surface area contributed by atoms with Crippen LogP contribution >= 0.6 is 0 Å². The van der Waals surface area contributed by atoms with Gasteiger partial charge in [-0.3, -0.25) is 4.79 Å². The van der Waals surface area contributed by atoms with E-state index in [1.54, 1.807) is 7.11 Å². The van der Waals surface area contributed by atoms with E-state index in [9.17, 15) is 4.79 Å². The Hall–Kier alpha value is -1.51. The number of nitrogens with one attached hydrogen (secondary N) is 1. The number of ether oxygens (including phenoxy) is 1. The van der Waals surface area contributed by atoms with Crippen molar-refractivity contribution in [2.75, 3.05) is 12.4 Å². The summed E-state index contributed by atoms with van der Waals surface area (Å²) in [5.74, 6) is 1.06. The molecule has 0 aliphatic carbocycles. The lowest BCUT2D eigenvalue weighted by molar-refractivity contribution is -0.114. The van der Waals surface area contributed by atoms with E-state index < -0.39 is 0 Å². The second kappa shape index (κ2) is 4.82. The molecular weight excluding hydrogens is 190 g/mol. The largest absolute Gasteiger partial charge is 0.495 e. The predicted octanol–water partition coefficient (Wildman–Crippen LogP) is 2.78. The molecule has 1 rings (SSSR count). The fourth-order valence-electron chi connectivity index (χ4n) is 1.36. The maximum Gasteiger partial charge on any atom is 0.221 e. The average molecular weight is 207 g/mol. The van der Waals surface area contributed by atoms with Gasteiger partial charge in [0.1, 0.15) is 5.75 Å². The Morgan fingerprint density at radius 3 is 2.53 bits per heavy atom. The molecule has 3 heteroatoms. The van der Waals surface area contributed by atoms with Crippen LogP contribution in [0.5, 0.6) is 5.75 Å². The molecule has 3 nitrogen and oxygen atoms in total. The van der Waals surface area contributed by atoms with Crippen molar-refractivity contribution in [1.82, 2.24) is 0 Å². The van der Waals surface area contributed by atoms with E-state index in [2.05, 4.69) is 19.2 Å². The number of hydrogen-bond acceptors (Lipinski definition) is 2. The van der Waals surface area contributed by atoms with E-state index in [1.807, 2.05) is 18.2 Å². The monoisotopic (exact) mass is 207 g/mol. The van der Waals surface area contributed by atoms with Gasteiger partial charge in [0.25, 0.3) is 0 Å². The normalized spacial score (nSPS) is 10.2. The molecule has 0 aliphatic rings. The lowest BCUT2D eigenvalue weighted by Gasteiger charge is -2.12. The Morgan fingerprint density at radius 1 is 1.40 bits per heavy atom. The summed E-state index contributed by atoms with van der Waals surface area (Å²) in [6.45, 7) is 5.72. The number of anilines is 1. The fourth-order valence-corrected chi connectivity index (χ4v) is 1.36. The predicted molar refractivity (Wildman–Crippen MR) is 61.4 cm³/mol. The fraction of sp³-hybridized carbons (Fsp3) is 0.417. The third kappa shape index (κ3) is 2.98. The second-order valence-corrected chi connectivity index (χ2v) is 3.80. The number of amides is 1. The average Bonchev–Trinajstić information content (AvgIpc) is 2.17. The molecule has 15 heavy (non-hydrogen) atoms. The molecule has 1 aromatic rings. The van der Waals surface area contributed by atoms with Crippen LogP contribution in [-0.2, 0) is 4.79 Å². The van der Waals surface area contributed by atoms with Crippen LogP contribution in [0.3, 0.4) is 0 Å². The number of rotatable bonds is 3. The van der Waals surface area contributed by atoms with Gasteiger partial charge in [-0.05, 0) is 23.6 Å². The minimum absolute atomic E-state index is 0.0920. The molecule has 0 radical (unpaired) electrons. The number of carbonyl (C=O) groups excluding carboxylic acids is 1. The third-order valence-electron chi connectivity index (χ3n) is 2.20. The Bertz CT molecular complexity index is 359. The summed E-state index contributed by atoms with van der Waals surface area (Å²) in [7, 11) is 1.60. The number of carbonyl (C=O) groups is 1. The van der Waals surface area contributed by atoms with E-state index in [0.717, 1.165) is 5.69 Å².